The number of ether oxygens (including phenoxy) is 2. The summed E-state index contributed by atoms with van der Waals surface area (Å²) in [6.07, 6.45) is 0.510. The van der Waals surface area contributed by atoms with Gasteiger partial charge in [-0.2, -0.15) is 9.97 Å². The van der Waals surface area contributed by atoms with Gasteiger partial charge in [0.05, 0.1) is 14.2 Å². The minimum atomic E-state index is 0. The maximum absolute atomic E-state index is 5.82. The van der Waals surface area contributed by atoms with E-state index in [1.807, 2.05) is 18.2 Å². The van der Waals surface area contributed by atoms with Crippen LogP contribution in [0.5, 0.6) is 11.5 Å². The van der Waals surface area contributed by atoms with E-state index in [9.17, 15) is 0 Å². The number of nitrogen functional groups attached to an aromatic ring is 2. The van der Waals surface area contributed by atoms with Gasteiger partial charge in [0.1, 0.15) is 22.8 Å². The van der Waals surface area contributed by atoms with Gasteiger partial charge in [0.2, 0.25) is 5.95 Å². The largest absolute Gasteiger partial charge is 0.497 e. The van der Waals surface area contributed by atoms with Crippen LogP contribution in [0.2, 0.25) is 0 Å². The molecule has 0 aliphatic carbocycles. The quantitative estimate of drug-likeness (QED) is 0.605. The number of aromatic nitrogens is 4. The number of nitrogens with one attached hydrogen (secondary N) is 1. The Labute approximate surface area is 154 Å². The number of hydrogen-bond acceptors (Lipinski definition) is 7. The summed E-state index contributed by atoms with van der Waals surface area (Å²) < 4.78 is 10.6. The second-order valence-electron chi connectivity index (χ2n) is 4.70. The molecule has 0 atom stereocenters. The van der Waals surface area contributed by atoms with E-state index >= 15 is 0 Å². The van der Waals surface area contributed by atoms with E-state index in [2.05, 4.69) is 19.9 Å². The van der Waals surface area contributed by atoms with Crippen LogP contribution in [-0.2, 0) is 6.42 Å². The van der Waals surface area contributed by atoms with Crippen LogP contribution in [0, 0.1) is 0 Å². The van der Waals surface area contributed by atoms with Crippen molar-refractivity contribution in [2.24, 2.45) is 0 Å². The van der Waals surface area contributed by atoms with Crippen LogP contribution in [0.3, 0.4) is 0 Å². The molecule has 0 aliphatic rings. The Bertz CT molecular complexity index is 835. The molecule has 0 saturated carbocycles. The van der Waals surface area contributed by atoms with E-state index in [4.69, 9.17) is 20.9 Å². The van der Waals surface area contributed by atoms with E-state index in [1.54, 1.807) is 14.2 Å². The topological polar surface area (TPSA) is 125 Å². The van der Waals surface area contributed by atoms with Crippen molar-refractivity contribution in [2.75, 3.05) is 25.7 Å². The molecule has 2 aromatic heterocycles. The average molecular weight is 323 g/mol. The number of imidazole rings is 1. The molecule has 0 fully saturated rings. The molecule has 3 aromatic rings. The van der Waals surface area contributed by atoms with Crippen molar-refractivity contribution < 1.29 is 9.47 Å². The number of fused-ring (bicyclic) bond motifs is 1. The molecule has 0 spiro atoms. The molecule has 2 heterocycles. The van der Waals surface area contributed by atoms with Gasteiger partial charge in [-0.1, -0.05) is 0 Å². The Morgan fingerprint density at radius 1 is 1.09 bits per heavy atom. The number of benzene rings is 1. The molecule has 23 heavy (non-hydrogen) atoms. The first-order valence-corrected chi connectivity index (χ1v) is 6.59. The maximum Gasteiger partial charge on any atom is 0.224 e. The number of nitrogens with zero attached hydrogens (tertiary/aromatic N) is 3. The van der Waals surface area contributed by atoms with Gasteiger partial charge in [0, 0.05) is 41.5 Å². The van der Waals surface area contributed by atoms with Gasteiger partial charge in [-0.05, 0) is 18.2 Å². The fourth-order valence-electron chi connectivity index (χ4n) is 2.27. The van der Waals surface area contributed by atoms with Gasteiger partial charge in [-0.25, -0.2) is 4.98 Å². The van der Waals surface area contributed by atoms with E-state index in [0.29, 0.717) is 23.4 Å². The van der Waals surface area contributed by atoms with Crippen LogP contribution in [0.1, 0.15) is 11.4 Å². The summed E-state index contributed by atoms with van der Waals surface area (Å²) in [7, 11) is 3.24. The third-order valence-electron chi connectivity index (χ3n) is 3.29. The van der Waals surface area contributed by atoms with Crippen molar-refractivity contribution >= 4 is 52.5 Å². The van der Waals surface area contributed by atoms with Crippen molar-refractivity contribution in [1.29, 1.82) is 0 Å². The Hall–Kier alpha value is -2.03. The van der Waals surface area contributed by atoms with Crippen molar-refractivity contribution in [3.63, 3.8) is 0 Å². The van der Waals surface area contributed by atoms with Gasteiger partial charge in [0.25, 0.3) is 0 Å². The summed E-state index contributed by atoms with van der Waals surface area (Å²) in [5.74, 6) is 2.56. The van der Waals surface area contributed by atoms with Crippen LogP contribution >= 0.6 is 0 Å². The second-order valence-corrected chi connectivity index (χ2v) is 4.70. The van der Waals surface area contributed by atoms with E-state index in [1.165, 1.54) is 0 Å². The zero-order valence-electron chi connectivity index (χ0n) is 13.3. The first kappa shape index (κ1) is 17.3. The molecule has 0 amide bonds. The fourth-order valence-corrected chi connectivity index (χ4v) is 2.27. The predicted octanol–water partition coefficient (Wildman–Crippen LogP) is 0.744. The maximum atomic E-state index is 5.82. The fraction of sp³-hybridized carbons (Fsp3) is 0.214. The Morgan fingerprint density at radius 2 is 1.87 bits per heavy atom. The number of hydrogen-bond donors (Lipinski definition) is 3. The summed E-state index contributed by atoms with van der Waals surface area (Å²) in [4.78, 5) is 15.5. The third kappa shape index (κ3) is 3.49. The molecule has 8 nitrogen and oxygen atoms in total. The zero-order chi connectivity index (χ0) is 15.7. The van der Waals surface area contributed by atoms with Crippen LogP contribution < -0.4 is 20.9 Å². The molecule has 0 bridgehead atoms. The number of nitrogens with two attached hydrogens (primary N) is 2. The summed E-state index contributed by atoms with van der Waals surface area (Å²) in [6.45, 7) is 0. The third-order valence-corrected chi connectivity index (χ3v) is 3.29. The minimum absolute atomic E-state index is 0. The van der Waals surface area contributed by atoms with Gasteiger partial charge < -0.3 is 25.9 Å². The molecule has 1 aromatic carbocycles. The van der Waals surface area contributed by atoms with Crippen molar-refractivity contribution in [3.8, 4) is 11.5 Å². The van der Waals surface area contributed by atoms with Crippen molar-refractivity contribution in [1.82, 2.24) is 19.9 Å². The molecular formula is C14H16N6NaO2. The molecule has 1 radical (unpaired) electrons. The molecule has 3 rings (SSSR count). The molecule has 5 N–H and O–H groups in total. The summed E-state index contributed by atoms with van der Waals surface area (Å²) in [5, 5.41) is 0. The van der Waals surface area contributed by atoms with Gasteiger partial charge in [-0.3, -0.25) is 0 Å². The molecule has 0 aliphatic heterocycles. The predicted molar refractivity (Wildman–Crippen MR) is 88.6 cm³/mol. The van der Waals surface area contributed by atoms with E-state index in [-0.39, 0.29) is 41.3 Å². The SMILES string of the molecule is COc1ccc(OC)c(Cc2nc3nc(N)nc(N)c3[nH]2)c1.[Na]. The van der Waals surface area contributed by atoms with Gasteiger partial charge >= 0.3 is 0 Å². The van der Waals surface area contributed by atoms with Gasteiger partial charge in [-0.15, -0.1) is 0 Å². The monoisotopic (exact) mass is 323 g/mol. The molecular weight excluding hydrogens is 307 g/mol. The number of rotatable bonds is 4. The number of methoxy groups -OCH3 is 2. The Balaban J connectivity index is 0.00000192. The van der Waals surface area contributed by atoms with Gasteiger partial charge in [0.15, 0.2) is 11.5 Å². The van der Waals surface area contributed by atoms with Crippen molar-refractivity contribution in [3.05, 3.63) is 29.6 Å². The molecule has 115 valence electrons. The van der Waals surface area contributed by atoms with Crippen LogP contribution in [0.4, 0.5) is 11.8 Å². The molecule has 9 heteroatoms. The normalized spacial score (nSPS) is 10.3. The first-order chi connectivity index (χ1) is 10.6. The number of aromatic amines is 1. The Kier molecular flexibility index (Phi) is 5.30. The Morgan fingerprint density at radius 3 is 2.57 bits per heavy atom. The van der Waals surface area contributed by atoms with E-state index in [0.717, 1.165) is 17.1 Å². The van der Waals surface area contributed by atoms with Crippen LogP contribution in [-0.4, -0.2) is 63.7 Å². The molecule has 0 saturated heterocycles. The number of H-pyrrole nitrogens is 1. The minimum Gasteiger partial charge on any atom is -0.497 e. The average Bonchev–Trinajstić information content (AvgIpc) is 2.89. The smallest absolute Gasteiger partial charge is 0.224 e. The summed E-state index contributed by atoms with van der Waals surface area (Å²) >= 11 is 0. The van der Waals surface area contributed by atoms with Crippen molar-refractivity contribution in [2.45, 2.75) is 6.42 Å². The second kappa shape index (κ2) is 7.03. The standard InChI is InChI=1S/C14H16N6O2.Na/c1-21-8-3-4-9(22-2)7(5-8)6-10-17-11-12(15)19-14(16)20-13(11)18-10;/h3-5H,6H2,1-2H3,(H5,15,16,17,18,19,20);. The summed E-state index contributed by atoms with van der Waals surface area (Å²) in [5.41, 5.74) is 13.3. The number of anilines is 2. The van der Waals surface area contributed by atoms with Crippen LogP contribution in [0.25, 0.3) is 11.2 Å². The summed E-state index contributed by atoms with van der Waals surface area (Å²) in [6, 6.07) is 5.59. The zero-order valence-corrected chi connectivity index (χ0v) is 15.3. The van der Waals surface area contributed by atoms with Crippen LogP contribution in [0.15, 0.2) is 18.2 Å². The first-order valence-electron chi connectivity index (χ1n) is 6.59. The molecule has 0 unspecified atom stereocenters. The van der Waals surface area contributed by atoms with E-state index < -0.39 is 0 Å².